The third-order valence-electron chi connectivity index (χ3n) is 1.63. The number of hydrogen-bond acceptors (Lipinski definition) is 3. The molecule has 64 valence electrons. The summed E-state index contributed by atoms with van der Waals surface area (Å²) in [4.78, 5) is 0. The molecule has 0 unspecified atom stereocenters. The van der Waals surface area contributed by atoms with E-state index in [1.807, 2.05) is 24.3 Å². The summed E-state index contributed by atoms with van der Waals surface area (Å²) >= 11 is 0. The molecule has 0 aromatic heterocycles. The van der Waals surface area contributed by atoms with Crippen LogP contribution in [0.25, 0.3) is 0 Å². The van der Waals surface area contributed by atoms with Gasteiger partial charge >= 0.3 is 0 Å². The molecule has 0 saturated heterocycles. The second kappa shape index (κ2) is 4.80. The molecule has 0 saturated carbocycles. The van der Waals surface area contributed by atoms with Gasteiger partial charge in [-0.25, -0.2) is 0 Å². The normalized spacial score (nSPS) is 9.75. The first-order chi connectivity index (χ1) is 5.83. The van der Waals surface area contributed by atoms with Gasteiger partial charge in [0.25, 0.3) is 7.48 Å². The summed E-state index contributed by atoms with van der Waals surface area (Å²) in [7, 11) is 0.667. The number of rotatable bonds is 4. The lowest BCUT2D eigenvalue weighted by molar-refractivity contribution is 0.348. The van der Waals surface area contributed by atoms with Gasteiger partial charge < -0.3 is 16.1 Å². The molecule has 1 aromatic carbocycles. The molecule has 0 fully saturated rings. The van der Waals surface area contributed by atoms with Crippen LogP contribution in [0.5, 0.6) is 0 Å². The highest BCUT2D eigenvalue weighted by atomic mass is 16.4. The molecule has 12 heavy (non-hydrogen) atoms. The molecule has 0 radical (unpaired) electrons. The van der Waals surface area contributed by atoms with Crippen molar-refractivity contribution in [3.8, 4) is 0 Å². The van der Waals surface area contributed by atoms with Crippen LogP contribution in [0.3, 0.4) is 0 Å². The second-order valence-corrected chi connectivity index (χ2v) is 2.57. The van der Waals surface area contributed by atoms with Gasteiger partial charge in [0.2, 0.25) is 0 Å². The van der Waals surface area contributed by atoms with E-state index in [1.54, 1.807) is 0 Å². The monoisotopic (exact) mass is 164 g/mol. The molecule has 0 aliphatic rings. The van der Waals surface area contributed by atoms with E-state index < -0.39 is 0 Å². The third-order valence-corrected chi connectivity index (χ3v) is 1.63. The fourth-order valence-electron chi connectivity index (χ4n) is 0.958. The zero-order valence-electron chi connectivity index (χ0n) is 6.99. The zero-order chi connectivity index (χ0) is 8.81. The van der Waals surface area contributed by atoms with Crippen LogP contribution >= 0.6 is 0 Å². The number of nitrogen functional groups attached to an aromatic ring is 1. The van der Waals surface area contributed by atoms with Crippen molar-refractivity contribution in [1.82, 2.24) is 0 Å². The van der Waals surface area contributed by atoms with Crippen molar-refractivity contribution in [1.29, 1.82) is 0 Å². The highest BCUT2D eigenvalue weighted by molar-refractivity contribution is 6.26. The molecular weight excluding hydrogens is 151 g/mol. The largest absolute Gasteiger partial charge is 0.427 e. The van der Waals surface area contributed by atoms with Gasteiger partial charge in [-0.2, -0.15) is 0 Å². The van der Waals surface area contributed by atoms with Crippen molar-refractivity contribution in [3.05, 3.63) is 29.8 Å². The molecule has 0 aliphatic heterocycles. The van der Waals surface area contributed by atoms with Gasteiger partial charge in [-0.1, -0.05) is 17.7 Å². The Balaban J connectivity index is 2.37. The third kappa shape index (κ3) is 2.94. The van der Waals surface area contributed by atoms with Gasteiger partial charge in [0, 0.05) is 5.69 Å². The topological polar surface area (TPSA) is 61.3 Å². The Morgan fingerprint density at radius 1 is 1.25 bits per heavy atom. The molecule has 4 heteroatoms. The van der Waals surface area contributed by atoms with Crippen LogP contribution in [0.1, 0.15) is 5.56 Å². The van der Waals surface area contributed by atoms with Gasteiger partial charge in [0.1, 0.15) is 0 Å². The van der Waals surface area contributed by atoms with Crippen LogP contribution in [0.2, 0.25) is 0 Å². The minimum atomic E-state index is 0.287. The first kappa shape index (κ1) is 9.10. The lowest BCUT2D eigenvalue weighted by Crippen LogP contribution is -2.10. The minimum Gasteiger partial charge on any atom is -0.427 e. The van der Waals surface area contributed by atoms with Crippen LogP contribution in [-0.2, 0) is 11.0 Å². The maximum Gasteiger partial charge on any atom is 0.281 e. The van der Waals surface area contributed by atoms with Crippen LogP contribution in [-0.4, -0.2) is 14.2 Å². The van der Waals surface area contributed by atoms with Gasteiger partial charge in [0.15, 0.2) is 0 Å². The van der Waals surface area contributed by atoms with E-state index in [1.165, 1.54) is 5.56 Å². The molecule has 0 bridgehead atoms. The molecule has 1 rings (SSSR count). The summed E-state index contributed by atoms with van der Waals surface area (Å²) in [6.45, 7) is 0.287. The first-order valence-corrected chi connectivity index (χ1v) is 3.95. The average molecular weight is 164 g/mol. The fraction of sp³-hybridized carbons (Fsp3) is 0.250. The number of nitrogens with two attached hydrogens (primary N) is 2. The van der Waals surface area contributed by atoms with Crippen molar-refractivity contribution in [3.63, 3.8) is 0 Å². The zero-order valence-corrected chi connectivity index (χ0v) is 6.99. The molecule has 3 nitrogen and oxygen atoms in total. The van der Waals surface area contributed by atoms with Crippen molar-refractivity contribution in [2.24, 2.45) is 5.73 Å². The molecule has 1 aromatic rings. The van der Waals surface area contributed by atoms with E-state index in [-0.39, 0.29) is 6.73 Å². The van der Waals surface area contributed by atoms with Gasteiger partial charge in [-0.15, -0.1) is 0 Å². The van der Waals surface area contributed by atoms with E-state index >= 15 is 0 Å². The predicted molar refractivity (Wildman–Crippen MR) is 51.8 cm³/mol. The Morgan fingerprint density at radius 3 is 2.50 bits per heavy atom. The van der Waals surface area contributed by atoms with Crippen LogP contribution < -0.4 is 11.5 Å². The van der Waals surface area contributed by atoms with E-state index in [0.29, 0.717) is 7.48 Å². The standard InChI is InChI=1S/C8H13BN2O/c10-6-12-9-5-7-1-3-8(11)4-2-7/h1-4,9H,5-6,10-11H2. The summed E-state index contributed by atoms with van der Waals surface area (Å²) in [5.41, 5.74) is 12.7. The lowest BCUT2D eigenvalue weighted by atomic mass is 9.89. The number of benzene rings is 1. The summed E-state index contributed by atoms with van der Waals surface area (Å²) in [5, 5.41) is 0. The Morgan fingerprint density at radius 2 is 1.92 bits per heavy atom. The molecule has 0 amide bonds. The van der Waals surface area contributed by atoms with Gasteiger partial charge in [0.05, 0.1) is 6.73 Å². The number of anilines is 1. The summed E-state index contributed by atoms with van der Waals surface area (Å²) < 4.78 is 5.01. The molecule has 4 N–H and O–H groups in total. The molecule has 0 aliphatic carbocycles. The minimum absolute atomic E-state index is 0.287. The van der Waals surface area contributed by atoms with Crippen LogP contribution in [0.4, 0.5) is 5.69 Å². The molecule has 0 atom stereocenters. The van der Waals surface area contributed by atoms with Crippen molar-refractivity contribution >= 4 is 13.2 Å². The maximum absolute atomic E-state index is 5.53. The quantitative estimate of drug-likeness (QED) is 0.286. The Labute approximate surface area is 73.0 Å². The predicted octanol–water partition coefficient (Wildman–Crippen LogP) is 0.0531. The Hall–Kier alpha value is -0.995. The number of hydrogen-bond donors (Lipinski definition) is 2. The average Bonchev–Trinajstić information content (AvgIpc) is 2.09. The fourth-order valence-corrected chi connectivity index (χ4v) is 0.958. The molecular formula is C8H13BN2O. The highest BCUT2D eigenvalue weighted by Crippen LogP contribution is 2.05. The maximum atomic E-state index is 5.53. The molecule has 0 heterocycles. The summed E-state index contributed by atoms with van der Waals surface area (Å²) in [6.07, 6.45) is 0.886. The van der Waals surface area contributed by atoms with Crippen LogP contribution in [0, 0.1) is 0 Å². The van der Waals surface area contributed by atoms with Crippen molar-refractivity contribution in [2.45, 2.75) is 6.32 Å². The first-order valence-electron chi connectivity index (χ1n) is 3.95. The van der Waals surface area contributed by atoms with E-state index in [9.17, 15) is 0 Å². The van der Waals surface area contributed by atoms with E-state index in [4.69, 9.17) is 16.1 Å². The summed E-state index contributed by atoms with van der Waals surface area (Å²) in [6, 6.07) is 7.76. The van der Waals surface area contributed by atoms with E-state index in [2.05, 4.69) is 0 Å². The van der Waals surface area contributed by atoms with Crippen molar-refractivity contribution in [2.75, 3.05) is 12.5 Å². The summed E-state index contributed by atoms with van der Waals surface area (Å²) in [5.74, 6) is 0. The molecule has 0 spiro atoms. The highest BCUT2D eigenvalue weighted by Gasteiger charge is 1.94. The van der Waals surface area contributed by atoms with Crippen LogP contribution in [0.15, 0.2) is 24.3 Å². The SMILES string of the molecule is NCOBCc1ccc(N)cc1. The van der Waals surface area contributed by atoms with E-state index in [0.717, 1.165) is 12.0 Å². The van der Waals surface area contributed by atoms with Gasteiger partial charge in [-0.05, 0) is 18.5 Å². The smallest absolute Gasteiger partial charge is 0.281 e. The Kier molecular flexibility index (Phi) is 3.64. The van der Waals surface area contributed by atoms with Crippen molar-refractivity contribution < 1.29 is 4.65 Å². The second-order valence-electron chi connectivity index (χ2n) is 2.57. The lowest BCUT2D eigenvalue weighted by Gasteiger charge is -2.00. The van der Waals surface area contributed by atoms with Gasteiger partial charge in [-0.3, -0.25) is 0 Å². The Bertz CT molecular complexity index is 225.